The van der Waals surface area contributed by atoms with Gasteiger partial charge in [0.1, 0.15) is 0 Å². The summed E-state index contributed by atoms with van der Waals surface area (Å²) in [6, 6.07) is 8.89. The largest absolute Gasteiger partial charge is 0.491 e. The Hall–Kier alpha value is -3.06. The molecule has 1 aromatic carbocycles. The zero-order valence-corrected chi connectivity index (χ0v) is 18.2. The van der Waals surface area contributed by atoms with Crippen LogP contribution in [0.2, 0.25) is 5.02 Å². The Bertz CT molecular complexity index is 1060. The Morgan fingerprint density at radius 1 is 1.30 bits per heavy atom. The molecule has 0 radical (unpaired) electrons. The average Bonchev–Trinajstić information content (AvgIpc) is 3.14. The van der Waals surface area contributed by atoms with Crippen molar-refractivity contribution in [2.45, 2.75) is 26.8 Å². The normalized spacial score (nSPS) is 12.5. The van der Waals surface area contributed by atoms with Crippen molar-refractivity contribution < 1.29 is 14.3 Å². The summed E-state index contributed by atoms with van der Waals surface area (Å²) >= 11 is 6.28. The lowest BCUT2D eigenvalue weighted by Gasteiger charge is -2.20. The van der Waals surface area contributed by atoms with Gasteiger partial charge in [0.15, 0.2) is 23.0 Å². The van der Waals surface area contributed by atoms with E-state index >= 15 is 0 Å². The maximum Gasteiger partial charge on any atom is 0.244 e. The van der Waals surface area contributed by atoms with Crippen LogP contribution in [0.4, 0.5) is 0 Å². The molecule has 0 aliphatic carbocycles. The van der Waals surface area contributed by atoms with E-state index in [1.54, 1.807) is 18.2 Å². The van der Waals surface area contributed by atoms with Crippen LogP contribution in [0.5, 0.6) is 11.5 Å². The number of carbonyl (C=O) groups excluding carboxylic acids is 1. The van der Waals surface area contributed by atoms with Crippen LogP contribution in [-0.4, -0.2) is 34.2 Å². The zero-order valence-electron chi connectivity index (χ0n) is 17.4. The molecule has 7 nitrogen and oxygen atoms in total. The molecular formula is C22H25ClN4O3. The first-order valence-electron chi connectivity index (χ1n) is 9.73. The minimum Gasteiger partial charge on any atom is -0.491 e. The van der Waals surface area contributed by atoms with Crippen LogP contribution < -0.4 is 14.8 Å². The van der Waals surface area contributed by atoms with Gasteiger partial charge in [-0.05, 0) is 48.7 Å². The second-order valence-corrected chi connectivity index (χ2v) is 7.42. The molecule has 0 fully saturated rings. The van der Waals surface area contributed by atoms with E-state index in [-0.39, 0.29) is 17.9 Å². The third-order valence-electron chi connectivity index (χ3n) is 4.55. The van der Waals surface area contributed by atoms with E-state index in [0.717, 1.165) is 11.2 Å². The number of aromatic nitrogens is 3. The second-order valence-electron chi connectivity index (χ2n) is 7.02. The molecule has 0 unspecified atom stereocenters. The Morgan fingerprint density at radius 3 is 2.80 bits per heavy atom. The van der Waals surface area contributed by atoms with Crippen LogP contribution >= 0.6 is 11.6 Å². The molecule has 0 aliphatic heterocycles. The van der Waals surface area contributed by atoms with Crippen molar-refractivity contribution in [3.63, 3.8) is 0 Å². The van der Waals surface area contributed by atoms with Gasteiger partial charge in [-0.25, -0.2) is 0 Å². The molecule has 30 heavy (non-hydrogen) atoms. The molecule has 0 saturated heterocycles. The number of hydrogen-bond donors (Lipinski definition) is 1. The van der Waals surface area contributed by atoms with Gasteiger partial charge in [-0.15, -0.1) is 10.2 Å². The first-order valence-corrected chi connectivity index (χ1v) is 10.1. The molecule has 0 bridgehead atoms. The number of carbonyl (C=O) groups is 1. The molecule has 0 aliphatic rings. The van der Waals surface area contributed by atoms with E-state index in [1.807, 2.05) is 49.6 Å². The summed E-state index contributed by atoms with van der Waals surface area (Å²) in [5.41, 5.74) is 1.47. The SMILES string of the molecule is CCOc1cc(/C=C\C(=O)N[C@@H](c2nnc3ccccn23)C(C)C)cc(Cl)c1OC. The Labute approximate surface area is 180 Å². The fourth-order valence-corrected chi connectivity index (χ4v) is 3.42. The number of fused-ring (bicyclic) bond motifs is 1. The van der Waals surface area contributed by atoms with Gasteiger partial charge in [0.05, 0.1) is 24.8 Å². The molecule has 158 valence electrons. The van der Waals surface area contributed by atoms with E-state index < -0.39 is 0 Å². The number of amides is 1. The highest BCUT2D eigenvalue weighted by molar-refractivity contribution is 6.32. The molecule has 1 amide bonds. The average molecular weight is 429 g/mol. The van der Waals surface area contributed by atoms with Crippen molar-refractivity contribution in [2.75, 3.05) is 13.7 Å². The molecule has 0 saturated carbocycles. The third-order valence-corrected chi connectivity index (χ3v) is 4.83. The lowest BCUT2D eigenvalue weighted by molar-refractivity contribution is -0.117. The molecule has 0 spiro atoms. The molecule has 2 aromatic heterocycles. The summed E-state index contributed by atoms with van der Waals surface area (Å²) < 4.78 is 12.8. The highest BCUT2D eigenvalue weighted by atomic mass is 35.5. The standard InChI is InChI=1S/C22H25ClN4O3/c1-5-30-17-13-15(12-16(23)21(17)29-4)9-10-19(28)24-20(14(2)3)22-26-25-18-8-6-7-11-27(18)22/h6-14,20H,5H2,1-4H3,(H,24,28)/b10-9-/t20-/m1/s1. The van der Waals surface area contributed by atoms with Gasteiger partial charge in [0, 0.05) is 12.3 Å². The molecule has 3 rings (SSSR count). The van der Waals surface area contributed by atoms with Gasteiger partial charge < -0.3 is 14.8 Å². The quantitative estimate of drug-likeness (QED) is 0.541. The predicted octanol–water partition coefficient (Wildman–Crippen LogP) is 4.32. The Kier molecular flexibility index (Phi) is 6.95. The van der Waals surface area contributed by atoms with Crippen LogP contribution in [-0.2, 0) is 4.79 Å². The van der Waals surface area contributed by atoms with Crippen molar-refractivity contribution in [2.24, 2.45) is 5.92 Å². The number of ether oxygens (including phenoxy) is 2. The van der Waals surface area contributed by atoms with E-state index in [2.05, 4.69) is 15.5 Å². The lowest BCUT2D eigenvalue weighted by Crippen LogP contribution is -2.31. The monoisotopic (exact) mass is 428 g/mol. The summed E-state index contributed by atoms with van der Waals surface area (Å²) in [7, 11) is 1.53. The summed E-state index contributed by atoms with van der Waals surface area (Å²) in [4.78, 5) is 12.6. The van der Waals surface area contributed by atoms with Crippen molar-refractivity contribution in [3.05, 3.63) is 59.0 Å². The van der Waals surface area contributed by atoms with Gasteiger partial charge in [-0.1, -0.05) is 31.5 Å². The number of hydrogen-bond acceptors (Lipinski definition) is 5. The highest BCUT2D eigenvalue weighted by Gasteiger charge is 2.22. The predicted molar refractivity (Wildman–Crippen MR) is 117 cm³/mol. The summed E-state index contributed by atoms with van der Waals surface area (Å²) in [5.74, 6) is 1.57. The maximum atomic E-state index is 12.6. The van der Waals surface area contributed by atoms with Crippen LogP contribution in [0.15, 0.2) is 42.6 Å². The van der Waals surface area contributed by atoms with Gasteiger partial charge in [0.25, 0.3) is 0 Å². The molecule has 3 aromatic rings. The van der Waals surface area contributed by atoms with E-state index in [9.17, 15) is 4.79 Å². The van der Waals surface area contributed by atoms with E-state index in [1.165, 1.54) is 13.2 Å². The first kappa shape index (κ1) is 21.6. The van der Waals surface area contributed by atoms with Crippen LogP contribution in [0.25, 0.3) is 11.7 Å². The Morgan fingerprint density at radius 2 is 2.10 bits per heavy atom. The molecule has 2 heterocycles. The van der Waals surface area contributed by atoms with Crippen molar-refractivity contribution >= 4 is 29.2 Å². The summed E-state index contributed by atoms with van der Waals surface area (Å²) in [6.45, 7) is 6.40. The summed E-state index contributed by atoms with van der Waals surface area (Å²) in [5, 5.41) is 11.9. The molecule has 1 N–H and O–H groups in total. The minimum absolute atomic E-state index is 0.120. The van der Waals surface area contributed by atoms with Crippen molar-refractivity contribution in [1.82, 2.24) is 19.9 Å². The van der Waals surface area contributed by atoms with Crippen LogP contribution in [0.3, 0.4) is 0 Å². The maximum absolute atomic E-state index is 12.6. The fourth-order valence-electron chi connectivity index (χ4n) is 3.12. The minimum atomic E-state index is -0.294. The number of nitrogens with zero attached hydrogens (tertiary/aromatic N) is 3. The fraction of sp³-hybridized carbons (Fsp3) is 0.318. The number of halogens is 1. The third kappa shape index (κ3) is 4.74. The zero-order chi connectivity index (χ0) is 21.7. The molecular weight excluding hydrogens is 404 g/mol. The molecule has 1 atom stereocenters. The lowest BCUT2D eigenvalue weighted by atomic mass is 10.0. The Balaban J connectivity index is 1.80. The number of methoxy groups -OCH3 is 1. The van der Waals surface area contributed by atoms with Crippen molar-refractivity contribution in [3.8, 4) is 11.5 Å². The summed E-state index contributed by atoms with van der Waals surface area (Å²) in [6.07, 6.45) is 5.03. The number of pyridine rings is 1. The first-order chi connectivity index (χ1) is 14.4. The second kappa shape index (κ2) is 9.63. The van der Waals surface area contributed by atoms with E-state index in [4.69, 9.17) is 21.1 Å². The van der Waals surface area contributed by atoms with E-state index in [0.29, 0.717) is 29.0 Å². The molecule has 8 heteroatoms. The number of rotatable bonds is 8. The topological polar surface area (TPSA) is 77.8 Å². The van der Waals surface area contributed by atoms with Gasteiger partial charge in [-0.3, -0.25) is 9.20 Å². The number of nitrogens with one attached hydrogen (secondary N) is 1. The van der Waals surface area contributed by atoms with Crippen LogP contribution in [0.1, 0.15) is 38.2 Å². The number of benzene rings is 1. The highest BCUT2D eigenvalue weighted by Crippen LogP contribution is 2.36. The van der Waals surface area contributed by atoms with Crippen molar-refractivity contribution in [1.29, 1.82) is 0 Å². The smallest absolute Gasteiger partial charge is 0.244 e. The van der Waals surface area contributed by atoms with Gasteiger partial charge in [0.2, 0.25) is 5.91 Å². The van der Waals surface area contributed by atoms with Gasteiger partial charge >= 0.3 is 0 Å². The van der Waals surface area contributed by atoms with Gasteiger partial charge in [-0.2, -0.15) is 0 Å². The van der Waals surface area contributed by atoms with Crippen LogP contribution in [0, 0.1) is 5.92 Å².